The Bertz CT molecular complexity index is 753. The molecule has 1 fully saturated rings. The molecule has 1 aromatic heterocycles. The number of aromatic nitrogens is 2. The van der Waals surface area contributed by atoms with Crippen LogP contribution >= 0.6 is 15.9 Å². The maximum atomic E-state index is 12.6. The van der Waals surface area contributed by atoms with Crippen LogP contribution in [0.2, 0.25) is 0 Å². The molecule has 3 rings (SSSR count). The zero-order valence-electron chi connectivity index (χ0n) is 15.5. The van der Waals surface area contributed by atoms with Crippen LogP contribution in [-0.4, -0.2) is 46.1 Å². The maximum absolute atomic E-state index is 12.6. The van der Waals surface area contributed by atoms with Gasteiger partial charge in [-0.15, -0.1) is 0 Å². The number of likely N-dealkylation sites (tertiary alicyclic amines) is 1. The minimum absolute atomic E-state index is 0.0177. The van der Waals surface area contributed by atoms with Gasteiger partial charge >= 0.3 is 0 Å². The Morgan fingerprint density at radius 1 is 1.26 bits per heavy atom. The average Bonchev–Trinajstić information content (AvgIpc) is 3.19. The summed E-state index contributed by atoms with van der Waals surface area (Å²) < 4.78 is 2.83. The molecule has 0 bridgehead atoms. The Morgan fingerprint density at radius 3 is 2.59 bits per heavy atom. The van der Waals surface area contributed by atoms with Crippen molar-refractivity contribution in [2.75, 3.05) is 19.6 Å². The van der Waals surface area contributed by atoms with Crippen molar-refractivity contribution in [1.29, 1.82) is 0 Å². The second-order valence-corrected chi connectivity index (χ2v) is 8.07. The maximum Gasteiger partial charge on any atom is 0.253 e. The minimum atomic E-state index is -0.0177. The number of nitrogens with one attached hydrogen (secondary N) is 1. The van der Waals surface area contributed by atoms with Crippen molar-refractivity contribution in [2.24, 2.45) is 11.8 Å². The third kappa shape index (κ3) is 5.42. The lowest BCUT2D eigenvalue weighted by molar-refractivity contribution is -0.126. The molecule has 7 heteroatoms. The highest BCUT2D eigenvalue weighted by molar-refractivity contribution is 9.10. The molecule has 144 valence electrons. The van der Waals surface area contributed by atoms with Crippen LogP contribution in [0.15, 0.2) is 47.2 Å². The first-order chi connectivity index (χ1) is 13.0. The lowest BCUT2D eigenvalue weighted by atomic mass is 9.95. The van der Waals surface area contributed by atoms with Crippen molar-refractivity contribution in [3.8, 4) is 0 Å². The topological polar surface area (TPSA) is 67.2 Å². The van der Waals surface area contributed by atoms with Gasteiger partial charge in [0.1, 0.15) is 0 Å². The summed E-state index contributed by atoms with van der Waals surface area (Å²) in [5.41, 5.74) is 0.688. The molecular formula is C20H25BrN4O2. The zero-order chi connectivity index (χ0) is 19.2. The van der Waals surface area contributed by atoms with Crippen LogP contribution in [0.1, 0.15) is 30.1 Å². The average molecular weight is 433 g/mol. The van der Waals surface area contributed by atoms with Gasteiger partial charge in [-0.2, -0.15) is 5.10 Å². The Hall–Kier alpha value is -2.15. The zero-order valence-corrected chi connectivity index (χ0v) is 17.1. The Balaban J connectivity index is 1.42. The molecule has 1 N–H and O–H groups in total. The smallest absolute Gasteiger partial charge is 0.253 e. The van der Waals surface area contributed by atoms with E-state index in [1.54, 1.807) is 6.20 Å². The second kappa shape index (κ2) is 9.17. The molecule has 2 aromatic rings. The highest BCUT2D eigenvalue weighted by atomic mass is 79.9. The predicted octanol–water partition coefficient (Wildman–Crippen LogP) is 2.95. The largest absolute Gasteiger partial charge is 0.356 e. The molecule has 2 heterocycles. The first kappa shape index (κ1) is 19.6. The number of rotatable bonds is 6. The molecule has 0 radical (unpaired) electrons. The summed E-state index contributed by atoms with van der Waals surface area (Å²) >= 11 is 3.38. The number of nitrogens with zero attached hydrogens (tertiary/aromatic N) is 3. The molecule has 0 aliphatic carbocycles. The molecule has 1 aromatic carbocycles. The Labute approximate surface area is 168 Å². The number of benzene rings is 1. The van der Waals surface area contributed by atoms with Gasteiger partial charge in [0.2, 0.25) is 5.91 Å². The summed E-state index contributed by atoms with van der Waals surface area (Å²) in [6.07, 6.45) is 5.11. The number of hydrogen-bond acceptors (Lipinski definition) is 3. The fourth-order valence-electron chi connectivity index (χ4n) is 3.33. The first-order valence-corrected chi connectivity index (χ1v) is 10.1. The van der Waals surface area contributed by atoms with Crippen LogP contribution in [0.3, 0.4) is 0 Å². The lowest BCUT2D eigenvalue weighted by Crippen LogP contribution is -2.43. The standard InChI is InChI=1S/C20H25BrN4O2/c1-15(14-25-10-2-9-23-25)13-22-19(26)16-7-11-24(12-8-16)20(27)17-3-5-18(21)6-4-17/h2-6,9-10,15-16H,7-8,11-14H2,1H3,(H,22,26). The molecule has 27 heavy (non-hydrogen) atoms. The number of amides is 2. The summed E-state index contributed by atoms with van der Waals surface area (Å²) in [7, 11) is 0. The van der Waals surface area contributed by atoms with E-state index in [9.17, 15) is 9.59 Å². The van der Waals surface area contributed by atoms with Crippen LogP contribution < -0.4 is 5.32 Å². The van der Waals surface area contributed by atoms with Crippen LogP contribution in [0, 0.1) is 11.8 Å². The first-order valence-electron chi connectivity index (χ1n) is 9.33. The number of carbonyl (C=O) groups excluding carboxylic acids is 2. The molecule has 1 saturated heterocycles. The molecule has 1 aliphatic heterocycles. The molecule has 0 spiro atoms. The molecule has 2 amide bonds. The van der Waals surface area contributed by atoms with Crippen LogP contribution in [-0.2, 0) is 11.3 Å². The number of piperidine rings is 1. The van der Waals surface area contributed by atoms with Crippen LogP contribution in [0.4, 0.5) is 0 Å². The van der Waals surface area contributed by atoms with Crippen molar-refractivity contribution < 1.29 is 9.59 Å². The third-order valence-electron chi connectivity index (χ3n) is 4.93. The van der Waals surface area contributed by atoms with E-state index >= 15 is 0 Å². The van der Waals surface area contributed by atoms with Gasteiger partial charge in [0, 0.05) is 54.5 Å². The molecule has 1 unspecified atom stereocenters. The minimum Gasteiger partial charge on any atom is -0.356 e. The summed E-state index contributed by atoms with van der Waals surface area (Å²) in [6.45, 7) is 4.76. The van der Waals surface area contributed by atoms with Gasteiger partial charge < -0.3 is 10.2 Å². The quantitative estimate of drug-likeness (QED) is 0.762. The van der Waals surface area contributed by atoms with E-state index in [0.29, 0.717) is 44.0 Å². The van der Waals surface area contributed by atoms with Crippen molar-refractivity contribution >= 4 is 27.7 Å². The molecule has 1 aliphatic rings. The highest BCUT2D eigenvalue weighted by Gasteiger charge is 2.27. The van der Waals surface area contributed by atoms with Gasteiger partial charge in [-0.1, -0.05) is 22.9 Å². The molecular weight excluding hydrogens is 408 g/mol. The Kier molecular flexibility index (Phi) is 6.66. The predicted molar refractivity (Wildman–Crippen MR) is 107 cm³/mol. The molecule has 0 saturated carbocycles. The second-order valence-electron chi connectivity index (χ2n) is 7.15. The fourth-order valence-corrected chi connectivity index (χ4v) is 3.60. The van der Waals surface area contributed by atoms with Crippen molar-refractivity contribution in [3.05, 3.63) is 52.8 Å². The molecule has 1 atom stereocenters. The van der Waals surface area contributed by atoms with Crippen molar-refractivity contribution in [3.63, 3.8) is 0 Å². The van der Waals surface area contributed by atoms with E-state index in [4.69, 9.17) is 0 Å². The van der Waals surface area contributed by atoms with Gasteiger partial charge in [0.15, 0.2) is 0 Å². The van der Waals surface area contributed by atoms with Gasteiger partial charge in [0.25, 0.3) is 5.91 Å². The SMILES string of the molecule is CC(CNC(=O)C1CCN(C(=O)c2ccc(Br)cc2)CC1)Cn1cccn1. The number of halogens is 1. The summed E-state index contributed by atoms with van der Waals surface area (Å²) in [5.74, 6) is 0.427. The van der Waals surface area contributed by atoms with E-state index in [0.717, 1.165) is 11.0 Å². The van der Waals surface area contributed by atoms with E-state index in [1.165, 1.54) is 0 Å². The number of carbonyl (C=O) groups is 2. The van der Waals surface area contributed by atoms with E-state index in [1.807, 2.05) is 46.1 Å². The summed E-state index contributed by atoms with van der Waals surface area (Å²) in [5, 5.41) is 7.25. The summed E-state index contributed by atoms with van der Waals surface area (Å²) in [4.78, 5) is 26.8. The van der Waals surface area contributed by atoms with Gasteiger partial charge in [-0.3, -0.25) is 14.3 Å². The monoisotopic (exact) mass is 432 g/mol. The third-order valence-corrected chi connectivity index (χ3v) is 5.46. The van der Waals surface area contributed by atoms with Crippen LogP contribution in [0.5, 0.6) is 0 Å². The van der Waals surface area contributed by atoms with E-state index in [-0.39, 0.29) is 17.7 Å². The van der Waals surface area contributed by atoms with Gasteiger partial charge in [-0.25, -0.2) is 0 Å². The van der Waals surface area contributed by atoms with E-state index in [2.05, 4.69) is 33.3 Å². The van der Waals surface area contributed by atoms with Gasteiger partial charge in [0.05, 0.1) is 0 Å². The Morgan fingerprint density at radius 2 is 1.96 bits per heavy atom. The van der Waals surface area contributed by atoms with Crippen molar-refractivity contribution in [2.45, 2.75) is 26.3 Å². The molecule has 6 nitrogen and oxygen atoms in total. The highest BCUT2D eigenvalue weighted by Crippen LogP contribution is 2.20. The lowest BCUT2D eigenvalue weighted by Gasteiger charge is -2.31. The van der Waals surface area contributed by atoms with Crippen molar-refractivity contribution in [1.82, 2.24) is 20.0 Å². The normalized spacial score (nSPS) is 16.1. The van der Waals surface area contributed by atoms with Gasteiger partial charge in [-0.05, 0) is 49.1 Å². The number of hydrogen-bond donors (Lipinski definition) is 1. The summed E-state index contributed by atoms with van der Waals surface area (Å²) in [6, 6.07) is 9.29. The van der Waals surface area contributed by atoms with E-state index < -0.39 is 0 Å². The fraction of sp³-hybridized carbons (Fsp3) is 0.450. The van der Waals surface area contributed by atoms with Crippen LogP contribution in [0.25, 0.3) is 0 Å².